The lowest BCUT2D eigenvalue weighted by Gasteiger charge is -1.98. The quantitative estimate of drug-likeness (QED) is 0.437. The second-order valence-corrected chi connectivity index (χ2v) is 5.07. The molecule has 3 rings (SSSR count). The third-order valence-corrected chi connectivity index (χ3v) is 3.36. The van der Waals surface area contributed by atoms with Crippen LogP contribution in [0.5, 0.6) is 0 Å². The average molecular weight is 335 g/mol. The van der Waals surface area contributed by atoms with Crippen molar-refractivity contribution in [3.05, 3.63) is 88.2 Å². The number of carbonyl (C=O) groups excluding carboxylic acids is 1. The molecule has 0 bridgehead atoms. The molecule has 25 heavy (non-hydrogen) atoms. The summed E-state index contributed by atoms with van der Waals surface area (Å²) < 4.78 is 5.57. The van der Waals surface area contributed by atoms with Crippen molar-refractivity contribution in [2.45, 2.75) is 0 Å². The SMILES string of the molecule is O=C(NN=Cc1ccc(-c2cccc([N+](=O)[O-])c2)o1)c1ccccc1. The summed E-state index contributed by atoms with van der Waals surface area (Å²) in [7, 11) is 0. The highest BCUT2D eigenvalue weighted by Crippen LogP contribution is 2.25. The molecule has 1 N–H and O–H groups in total. The van der Waals surface area contributed by atoms with Crippen molar-refractivity contribution in [3.8, 4) is 11.3 Å². The van der Waals surface area contributed by atoms with Crippen LogP contribution < -0.4 is 5.43 Å². The molecule has 0 spiro atoms. The summed E-state index contributed by atoms with van der Waals surface area (Å²) in [6, 6.07) is 18.2. The van der Waals surface area contributed by atoms with Crippen molar-refractivity contribution in [1.82, 2.24) is 5.43 Å². The van der Waals surface area contributed by atoms with E-state index in [9.17, 15) is 14.9 Å². The maximum absolute atomic E-state index is 11.8. The van der Waals surface area contributed by atoms with Crippen LogP contribution in [0.2, 0.25) is 0 Å². The van der Waals surface area contributed by atoms with E-state index in [-0.39, 0.29) is 11.6 Å². The van der Waals surface area contributed by atoms with Crippen LogP contribution in [0, 0.1) is 10.1 Å². The van der Waals surface area contributed by atoms with Gasteiger partial charge in [-0.05, 0) is 24.3 Å². The number of hydrogen-bond donors (Lipinski definition) is 1. The number of nitrogens with one attached hydrogen (secondary N) is 1. The molecule has 0 radical (unpaired) electrons. The van der Waals surface area contributed by atoms with Crippen molar-refractivity contribution in [2.24, 2.45) is 5.10 Å². The van der Waals surface area contributed by atoms with Crippen LogP contribution in [0.15, 0.2) is 76.2 Å². The average Bonchev–Trinajstić information content (AvgIpc) is 3.11. The Kier molecular flexibility index (Phi) is 4.66. The summed E-state index contributed by atoms with van der Waals surface area (Å²) in [5.41, 5.74) is 3.47. The molecular weight excluding hydrogens is 322 g/mol. The molecule has 0 saturated carbocycles. The van der Waals surface area contributed by atoms with E-state index in [4.69, 9.17) is 4.42 Å². The number of benzene rings is 2. The maximum Gasteiger partial charge on any atom is 0.271 e. The molecule has 0 unspecified atom stereocenters. The number of amides is 1. The highest BCUT2D eigenvalue weighted by molar-refractivity contribution is 5.94. The molecule has 1 aromatic heterocycles. The van der Waals surface area contributed by atoms with E-state index in [1.807, 2.05) is 6.07 Å². The zero-order valence-corrected chi connectivity index (χ0v) is 13.0. The number of hydrogen-bond acceptors (Lipinski definition) is 5. The lowest BCUT2D eigenvalue weighted by molar-refractivity contribution is -0.384. The summed E-state index contributed by atoms with van der Waals surface area (Å²) >= 11 is 0. The molecule has 0 aliphatic heterocycles. The van der Waals surface area contributed by atoms with Crippen molar-refractivity contribution >= 4 is 17.8 Å². The van der Waals surface area contributed by atoms with Crippen molar-refractivity contribution in [1.29, 1.82) is 0 Å². The number of nitro groups is 1. The molecule has 1 amide bonds. The molecule has 7 nitrogen and oxygen atoms in total. The van der Waals surface area contributed by atoms with E-state index >= 15 is 0 Å². The number of nitro benzene ring substituents is 1. The van der Waals surface area contributed by atoms with E-state index in [0.717, 1.165) is 0 Å². The fourth-order valence-electron chi connectivity index (χ4n) is 2.16. The Bertz CT molecular complexity index is 932. The van der Waals surface area contributed by atoms with Crippen molar-refractivity contribution in [2.75, 3.05) is 0 Å². The van der Waals surface area contributed by atoms with E-state index in [1.54, 1.807) is 48.5 Å². The monoisotopic (exact) mass is 335 g/mol. The first-order valence-corrected chi connectivity index (χ1v) is 7.36. The Hall–Kier alpha value is -3.74. The Balaban J connectivity index is 1.68. The van der Waals surface area contributed by atoms with Crippen LogP contribution in [0.3, 0.4) is 0 Å². The van der Waals surface area contributed by atoms with Crippen molar-refractivity contribution < 1.29 is 14.1 Å². The molecule has 2 aromatic carbocycles. The highest BCUT2D eigenvalue weighted by Gasteiger charge is 2.10. The van der Waals surface area contributed by atoms with Crippen molar-refractivity contribution in [3.63, 3.8) is 0 Å². The topological polar surface area (TPSA) is 97.7 Å². The molecule has 3 aromatic rings. The maximum atomic E-state index is 11.8. The predicted molar refractivity (Wildman–Crippen MR) is 92.3 cm³/mol. The van der Waals surface area contributed by atoms with Gasteiger partial charge in [0.05, 0.1) is 11.1 Å². The zero-order chi connectivity index (χ0) is 17.6. The smallest absolute Gasteiger partial charge is 0.271 e. The first-order chi connectivity index (χ1) is 12.1. The molecule has 0 atom stereocenters. The zero-order valence-electron chi connectivity index (χ0n) is 13.0. The van der Waals surface area contributed by atoms with Crippen LogP contribution >= 0.6 is 0 Å². The Morgan fingerprint density at radius 1 is 1.08 bits per heavy atom. The molecule has 7 heteroatoms. The van der Waals surface area contributed by atoms with Gasteiger partial charge in [0.1, 0.15) is 11.5 Å². The van der Waals surface area contributed by atoms with E-state index < -0.39 is 4.92 Å². The van der Waals surface area contributed by atoms with Crippen LogP contribution in [-0.4, -0.2) is 17.0 Å². The van der Waals surface area contributed by atoms with E-state index in [1.165, 1.54) is 18.3 Å². The number of non-ortho nitro benzene ring substituents is 1. The lowest BCUT2D eigenvalue weighted by Crippen LogP contribution is -2.17. The third-order valence-electron chi connectivity index (χ3n) is 3.36. The van der Waals surface area contributed by atoms with Crippen LogP contribution in [0.1, 0.15) is 16.1 Å². The normalized spacial score (nSPS) is 10.7. The molecule has 0 aliphatic carbocycles. The minimum absolute atomic E-state index is 0.0146. The van der Waals surface area contributed by atoms with Gasteiger partial charge in [-0.1, -0.05) is 30.3 Å². The van der Waals surface area contributed by atoms with Gasteiger partial charge in [-0.15, -0.1) is 0 Å². The Morgan fingerprint density at radius 2 is 1.88 bits per heavy atom. The minimum atomic E-state index is -0.464. The fraction of sp³-hybridized carbons (Fsp3) is 0. The number of furan rings is 1. The summed E-state index contributed by atoms with van der Waals surface area (Å²) in [5, 5.41) is 14.7. The molecule has 0 aliphatic rings. The largest absolute Gasteiger partial charge is 0.455 e. The fourth-order valence-corrected chi connectivity index (χ4v) is 2.16. The summed E-state index contributed by atoms with van der Waals surface area (Å²) in [6.45, 7) is 0. The van der Waals surface area contributed by atoms with Gasteiger partial charge in [0, 0.05) is 23.3 Å². The number of nitrogens with zero attached hydrogens (tertiary/aromatic N) is 2. The van der Waals surface area contributed by atoms with Crippen LogP contribution in [-0.2, 0) is 0 Å². The van der Waals surface area contributed by atoms with Crippen LogP contribution in [0.4, 0.5) is 5.69 Å². The molecular formula is C18H13N3O4. The number of hydrazone groups is 1. The first-order valence-electron chi connectivity index (χ1n) is 7.36. The molecule has 0 saturated heterocycles. The van der Waals surface area contributed by atoms with Gasteiger partial charge in [-0.3, -0.25) is 14.9 Å². The van der Waals surface area contributed by atoms with E-state index in [0.29, 0.717) is 22.6 Å². The first kappa shape index (κ1) is 16.1. The number of carbonyl (C=O) groups is 1. The van der Waals surface area contributed by atoms with Gasteiger partial charge in [-0.25, -0.2) is 5.43 Å². The van der Waals surface area contributed by atoms with Gasteiger partial charge < -0.3 is 4.42 Å². The summed E-state index contributed by atoms with van der Waals surface area (Å²) in [6.07, 6.45) is 1.36. The lowest BCUT2D eigenvalue weighted by atomic mass is 10.1. The van der Waals surface area contributed by atoms with Gasteiger partial charge in [0.15, 0.2) is 0 Å². The second kappa shape index (κ2) is 7.22. The Labute approximate surface area is 142 Å². The van der Waals surface area contributed by atoms with E-state index in [2.05, 4.69) is 10.5 Å². The third kappa shape index (κ3) is 3.97. The molecule has 124 valence electrons. The standard InChI is InChI=1S/C18H13N3O4/c22-18(13-5-2-1-3-6-13)20-19-12-16-9-10-17(25-16)14-7-4-8-15(11-14)21(23)24/h1-12H,(H,20,22). The minimum Gasteiger partial charge on any atom is -0.455 e. The van der Waals surface area contributed by atoms with Crippen LogP contribution in [0.25, 0.3) is 11.3 Å². The van der Waals surface area contributed by atoms with Gasteiger partial charge in [0.25, 0.3) is 11.6 Å². The Morgan fingerprint density at radius 3 is 2.64 bits per heavy atom. The molecule has 1 heterocycles. The predicted octanol–water partition coefficient (Wildman–Crippen LogP) is 3.62. The van der Waals surface area contributed by atoms with Gasteiger partial charge in [-0.2, -0.15) is 5.10 Å². The molecule has 0 fully saturated rings. The van der Waals surface area contributed by atoms with Gasteiger partial charge in [0.2, 0.25) is 0 Å². The summed E-state index contributed by atoms with van der Waals surface area (Å²) in [5.74, 6) is 0.553. The van der Waals surface area contributed by atoms with Gasteiger partial charge >= 0.3 is 0 Å². The second-order valence-electron chi connectivity index (χ2n) is 5.07. The summed E-state index contributed by atoms with van der Waals surface area (Å²) in [4.78, 5) is 22.2. The number of rotatable bonds is 5. The highest BCUT2D eigenvalue weighted by atomic mass is 16.6.